The highest BCUT2D eigenvalue weighted by Gasteiger charge is 2.17. The molecule has 0 saturated carbocycles. The molecule has 26 heavy (non-hydrogen) atoms. The highest BCUT2D eigenvalue weighted by molar-refractivity contribution is 5.48. The third kappa shape index (κ3) is 5.58. The minimum Gasteiger partial charge on any atom is -0.489 e. The molecule has 0 radical (unpaired) electrons. The molecule has 0 spiro atoms. The van der Waals surface area contributed by atoms with Crippen molar-refractivity contribution >= 4 is 6.08 Å². The first kappa shape index (κ1) is 18.4. The Morgan fingerprint density at radius 2 is 1.58 bits per heavy atom. The fourth-order valence-electron chi connectivity index (χ4n) is 3.20. The van der Waals surface area contributed by atoms with Crippen LogP contribution in [-0.4, -0.2) is 49.1 Å². The first-order valence-electron chi connectivity index (χ1n) is 9.33. The van der Waals surface area contributed by atoms with Gasteiger partial charge < -0.3 is 4.74 Å². The van der Waals surface area contributed by atoms with Crippen LogP contribution in [0.4, 0.5) is 0 Å². The van der Waals surface area contributed by atoms with Crippen LogP contribution >= 0.6 is 0 Å². The molecule has 1 fully saturated rings. The van der Waals surface area contributed by atoms with Gasteiger partial charge in [0.25, 0.3) is 0 Å². The number of hydrogen-bond donors (Lipinski definition) is 0. The molecule has 1 aliphatic rings. The third-order valence-electron chi connectivity index (χ3n) is 4.66. The van der Waals surface area contributed by atoms with Crippen molar-refractivity contribution in [2.24, 2.45) is 0 Å². The van der Waals surface area contributed by atoms with Gasteiger partial charge in [0.2, 0.25) is 0 Å². The van der Waals surface area contributed by atoms with Crippen LogP contribution in [0.2, 0.25) is 0 Å². The van der Waals surface area contributed by atoms with Gasteiger partial charge in [-0.3, -0.25) is 9.80 Å². The van der Waals surface area contributed by atoms with Crippen LogP contribution in [0.5, 0.6) is 5.75 Å². The van der Waals surface area contributed by atoms with E-state index in [4.69, 9.17) is 4.74 Å². The molecule has 0 unspecified atom stereocenters. The molecule has 1 aliphatic heterocycles. The molecule has 0 aromatic heterocycles. The van der Waals surface area contributed by atoms with Gasteiger partial charge in [-0.05, 0) is 11.6 Å². The van der Waals surface area contributed by atoms with E-state index < -0.39 is 0 Å². The summed E-state index contributed by atoms with van der Waals surface area (Å²) >= 11 is 0. The maximum atomic E-state index is 5.78. The fraction of sp³-hybridized carbons (Fsp3) is 0.304. The summed E-state index contributed by atoms with van der Waals surface area (Å²) in [7, 11) is 0. The lowest BCUT2D eigenvalue weighted by atomic mass is 10.1. The third-order valence-corrected chi connectivity index (χ3v) is 4.66. The molecule has 2 aromatic carbocycles. The predicted octanol–water partition coefficient (Wildman–Crippen LogP) is 4.08. The lowest BCUT2D eigenvalue weighted by Crippen LogP contribution is -2.45. The van der Waals surface area contributed by atoms with E-state index in [2.05, 4.69) is 71.0 Å². The Balaban J connectivity index is 1.45. The SMILES string of the molecule is C=CCOc1ccccc1CN1CCN(C/C=C/c2ccccc2)CC1. The molecular formula is C23H28N2O. The highest BCUT2D eigenvalue weighted by Crippen LogP contribution is 2.20. The molecule has 1 heterocycles. The Morgan fingerprint density at radius 3 is 2.35 bits per heavy atom. The van der Waals surface area contributed by atoms with Gasteiger partial charge in [-0.2, -0.15) is 0 Å². The van der Waals surface area contributed by atoms with Crippen LogP contribution in [0, 0.1) is 0 Å². The van der Waals surface area contributed by atoms with Gasteiger partial charge in [-0.15, -0.1) is 0 Å². The van der Waals surface area contributed by atoms with Gasteiger partial charge in [0.15, 0.2) is 0 Å². The van der Waals surface area contributed by atoms with E-state index in [9.17, 15) is 0 Å². The first-order chi connectivity index (χ1) is 12.8. The van der Waals surface area contributed by atoms with Gasteiger partial charge in [-0.25, -0.2) is 0 Å². The predicted molar refractivity (Wildman–Crippen MR) is 109 cm³/mol. The van der Waals surface area contributed by atoms with Gasteiger partial charge in [0.1, 0.15) is 12.4 Å². The fourth-order valence-corrected chi connectivity index (χ4v) is 3.20. The number of nitrogens with zero attached hydrogens (tertiary/aromatic N) is 2. The second-order valence-corrected chi connectivity index (χ2v) is 6.60. The van der Waals surface area contributed by atoms with Crippen LogP contribution in [0.25, 0.3) is 6.08 Å². The zero-order valence-corrected chi connectivity index (χ0v) is 15.4. The molecule has 3 heteroatoms. The zero-order chi connectivity index (χ0) is 18.0. The average molecular weight is 348 g/mol. The van der Waals surface area contributed by atoms with Crippen LogP contribution in [-0.2, 0) is 6.54 Å². The second kappa shape index (κ2) is 9.95. The van der Waals surface area contributed by atoms with Crippen molar-refractivity contribution in [2.75, 3.05) is 39.3 Å². The van der Waals surface area contributed by atoms with Crippen molar-refractivity contribution in [1.29, 1.82) is 0 Å². The number of benzene rings is 2. The second-order valence-electron chi connectivity index (χ2n) is 6.60. The van der Waals surface area contributed by atoms with Crippen molar-refractivity contribution in [3.05, 3.63) is 84.5 Å². The average Bonchev–Trinajstić information content (AvgIpc) is 2.69. The quantitative estimate of drug-likeness (QED) is 0.669. The van der Waals surface area contributed by atoms with Crippen molar-refractivity contribution in [3.8, 4) is 5.75 Å². The lowest BCUT2D eigenvalue weighted by molar-refractivity contribution is 0.136. The first-order valence-corrected chi connectivity index (χ1v) is 9.33. The number of para-hydroxylation sites is 1. The van der Waals surface area contributed by atoms with Gasteiger partial charge in [0, 0.05) is 44.8 Å². The smallest absolute Gasteiger partial charge is 0.124 e. The summed E-state index contributed by atoms with van der Waals surface area (Å²) < 4.78 is 5.78. The molecule has 0 bridgehead atoms. The molecule has 0 N–H and O–H groups in total. The molecular weight excluding hydrogens is 320 g/mol. The molecule has 3 nitrogen and oxygen atoms in total. The van der Waals surface area contributed by atoms with E-state index in [1.54, 1.807) is 6.08 Å². The van der Waals surface area contributed by atoms with E-state index in [1.165, 1.54) is 11.1 Å². The number of rotatable bonds is 8. The zero-order valence-electron chi connectivity index (χ0n) is 15.4. The summed E-state index contributed by atoms with van der Waals surface area (Å²) in [6.45, 7) is 10.6. The molecule has 1 saturated heterocycles. The molecule has 0 amide bonds. The topological polar surface area (TPSA) is 15.7 Å². The molecule has 2 aromatic rings. The number of ether oxygens (including phenoxy) is 1. The Morgan fingerprint density at radius 1 is 0.885 bits per heavy atom. The summed E-state index contributed by atoms with van der Waals surface area (Å²) in [5, 5.41) is 0. The Labute approximate surface area is 157 Å². The number of hydrogen-bond acceptors (Lipinski definition) is 3. The van der Waals surface area contributed by atoms with Crippen LogP contribution in [0.15, 0.2) is 73.3 Å². The minimum absolute atomic E-state index is 0.554. The Hall–Kier alpha value is -2.36. The van der Waals surface area contributed by atoms with E-state index in [1.807, 2.05) is 12.1 Å². The normalized spacial score (nSPS) is 16.0. The van der Waals surface area contributed by atoms with E-state index >= 15 is 0 Å². The summed E-state index contributed by atoms with van der Waals surface area (Å²) in [6.07, 6.45) is 6.27. The largest absolute Gasteiger partial charge is 0.489 e. The maximum absolute atomic E-state index is 5.78. The van der Waals surface area contributed by atoms with Crippen LogP contribution in [0.3, 0.4) is 0 Å². The van der Waals surface area contributed by atoms with Crippen molar-refractivity contribution in [2.45, 2.75) is 6.54 Å². The van der Waals surface area contributed by atoms with Crippen molar-refractivity contribution in [3.63, 3.8) is 0 Å². The number of piperazine rings is 1. The summed E-state index contributed by atoms with van der Waals surface area (Å²) in [5.41, 5.74) is 2.52. The maximum Gasteiger partial charge on any atom is 0.124 e. The molecule has 136 valence electrons. The summed E-state index contributed by atoms with van der Waals surface area (Å²) in [6, 6.07) is 18.8. The summed E-state index contributed by atoms with van der Waals surface area (Å²) in [5.74, 6) is 0.973. The van der Waals surface area contributed by atoms with Crippen molar-refractivity contribution < 1.29 is 4.74 Å². The Kier molecular flexibility index (Phi) is 7.05. The standard InChI is InChI=1S/C23H28N2O/c1-2-19-26-23-13-7-6-12-22(23)20-25-17-15-24(16-18-25)14-8-11-21-9-4-3-5-10-21/h2-13H,1,14-20H2/b11-8+. The van der Waals surface area contributed by atoms with Gasteiger partial charge in [0.05, 0.1) is 0 Å². The monoisotopic (exact) mass is 348 g/mol. The Bertz CT molecular complexity index is 703. The van der Waals surface area contributed by atoms with Gasteiger partial charge in [-0.1, -0.05) is 73.3 Å². The van der Waals surface area contributed by atoms with E-state index in [-0.39, 0.29) is 0 Å². The highest BCUT2D eigenvalue weighted by atomic mass is 16.5. The molecule has 3 rings (SSSR count). The minimum atomic E-state index is 0.554. The van der Waals surface area contributed by atoms with E-state index in [0.29, 0.717) is 6.61 Å². The van der Waals surface area contributed by atoms with Crippen LogP contribution in [0.1, 0.15) is 11.1 Å². The molecule has 0 atom stereocenters. The van der Waals surface area contributed by atoms with Crippen molar-refractivity contribution in [1.82, 2.24) is 9.80 Å². The van der Waals surface area contributed by atoms with Gasteiger partial charge >= 0.3 is 0 Å². The van der Waals surface area contributed by atoms with Crippen LogP contribution < -0.4 is 4.74 Å². The summed E-state index contributed by atoms with van der Waals surface area (Å²) in [4.78, 5) is 5.02. The van der Waals surface area contributed by atoms with E-state index in [0.717, 1.165) is 45.0 Å². The lowest BCUT2D eigenvalue weighted by Gasteiger charge is -2.34. The molecule has 0 aliphatic carbocycles.